The summed E-state index contributed by atoms with van der Waals surface area (Å²) in [6, 6.07) is 74.9. The van der Waals surface area contributed by atoms with Crippen LogP contribution in [0, 0.1) is 0 Å². The first-order valence-corrected chi connectivity index (χ1v) is 17.9. The molecule has 2 nitrogen and oxygen atoms in total. The molecule has 10 aromatic rings. The molecular weight excluding hydrogens is 629 g/mol. The van der Waals surface area contributed by atoms with Crippen molar-refractivity contribution in [2.24, 2.45) is 0 Å². The Labute approximate surface area is 303 Å². The second kappa shape index (κ2) is 12.5. The monoisotopic (exact) mass is 662 g/mol. The first kappa shape index (κ1) is 30.0. The van der Waals surface area contributed by atoms with Gasteiger partial charge >= 0.3 is 0 Å². The average molecular weight is 663 g/mol. The van der Waals surface area contributed by atoms with Crippen molar-refractivity contribution < 1.29 is 0 Å². The predicted octanol–water partition coefficient (Wildman–Crippen LogP) is 14.4. The molecule has 0 aromatic heterocycles. The van der Waals surface area contributed by atoms with E-state index in [1.807, 2.05) is 0 Å². The summed E-state index contributed by atoms with van der Waals surface area (Å²) >= 11 is 0. The molecule has 0 aliphatic heterocycles. The zero-order valence-electron chi connectivity index (χ0n) is 28.5. The molecule has 0 heterocycles. The third kappa shape index (κ3) is 5.04. The van der Waals surface area contributed by atoms with Crippen LogP contribution in [0.3, 0.4) is 0 Å². The zero-order chi connectivity index (χ0) is 34.4. The van der Waals surface area contributed by atoms with Crippen molar-refractivity contribution in [2.45, 2.75) is 0 Å². The molecule has 0 bridgehead atoms. The number of fused-ring (bicyclic) bond motifs is 7. The molecule has 0 amide bonds. The van der Waals surface area contributed by atoms with Crippen LogP contribution in [0.2, 0.25) is 0 Å². The SMILES string of the molecule is c1ccc(N(c2ccc3ccccc3c2)c2cccc3c2ccc2c4ccccc4cc(N(c4ccccc4)c4ccc5ccccc5c4)c32)cc1. The van der Waals surface area contributed by atoms with Crippen molar-refractivity contribution in [3.63, 3.8) is 0 Å². The molecule has 0 radical (unpaired) electrons. The van der Waals surface area contributed by atoms with Crippen LogP contribution < -0.4 is 9.80 Å². The van der Waals surface area contributed by atoms with Gasteiger partial charge in [-0.1, -0.05) is 146 Å². The normalized spacial score (nSPS) is 11.5. The Kier molecular flexibility index (Phi) is 7.18. The standard InChI is InChI=1S/C50H34N2/c1-3-19-40(20-4-1)51(42-28-26-35-14-7-9-16-37(35)32-42)48-25-13-24-46-45(48)30-31-47-44-23-12-11-18-39(44)34-49(50(46)47)52(41-21-5-2-6-22-41)43-29-27-36-15-8-10-17-38(36)33-43/h1-34H. The Morgan fingerprint density at radius 3 is 1.31 bits per heavy atom. The number of rotatable bonds is 6. The number of anilines is 6. The van der Waals surface area contributed by atoms with Gasteiger partial charge in [0.2, 0.25) is 0 Å². The van der Waals surface area contributed by atoms with Gasteiger partial charge in [0.25, 0.3) is 0 Å². The van der Waals surface area contributed by atoms with Gasteiger partial charge < -0.3 is 9.80 Å². The Morgan fingerprint density at radius 1 is 0.231 bits per heavy atom. The molecule has 0 unspecified atom stereocenters. The number of para-hydroxylation sites is 2. The Hall–Kier alpha value is -6.90. The summed E-state index contributed by atoms with van der Waals surface area (Å²) in [5.74, 6) is 0. The summed E-state index contributed by atoms with van der Waals surface area (Å²) in [6.45, 7) is 0. The molecule has 0 aliphatic carbocycles. The lowest BCUT2D eigenvalue weighted by Crippen LogP contribution is -2.12. The van der Waals surface area contributed by atoms with Crippen molar-refractivity contribution in [1.82, 2.24) is 0 Å². The molecular formula is C50H34N2. The van der Waals surface area contributed by atoms with Gasteiger partial charge in [-0.2, -0.15) is 0 Å². The highest BCUT2D eigenvalue weighted by atomic mass is 15.2. The molecule has 10 rings (SSSR count). The van der Waals surface area contributed by atoms with Crippen molar-refractivity contribution >= 4 is 88.0 Å². The minimum Gasteiger partial charge on any atom is -0.310 e. The van der Waals surface area contributed by atoms with Crippen LogP contribution >= 0.6 is 0 Å². The van der Waals surface area contributed by atoms with Gasteiger partial charge in [-0.05, 0) is 104 Å². The molecule has 0 spiro atoms. The van der Waals surface area contributed by atoms with Gasteiger partial charge in [0, 0.05) is 33.5 Å². The van der Waals surface area contributed by atoms with E-state index in [0.29, 0.717) is 0 Å². The smallest absolute Gasteiger partial charge is 0.0552 e. The average Bonchev–Trinajstić information content (AvgIpc) is 3.21. The van der Waals surface area contributed by atoms with Crippen LogP contribution in [0.4, 0.5) is 34.1 Å². The maximum absolute atomic E-state index is 2.44. The summed E-state index contributed by atoms with van der Waals surface area (Å²) in [4.78, 5) is 4.84. The third-order valence-corrected chi connectivity index (χ3v) is 10.3. The molecule has 0 fully saturated rings. The molecule has 0 aliphatic rings. The fourth-order valence-corrected chi connectivity index (χ4v) is 7.94. The molecule has 10 aromatic carbocycles. The van der Waals surface area contributed by atoms with Gasteiger partial charge in [-0.15, -0.1) is 0 Å². The molecule has 0 N–H and O–H groups in total. The summed E-state index contributed by atoms with van der Waals surface area (Å²) in [6.07, 6.45) is 0. The van der Waals surface area contributed by atoms with Gasteiger partial charge in [0.15, 0.2) is 0 Å². The number of hydrogen-bond acceptors (Lipinski definition) is 2. The summed E-state index contributed by atoms with van der Waals surface area (Å²) in [7, 11) is 0. The lowest BCUT2D eigenvalue weighted by atomic mass is 9.93. The van der Waals surface area contributed by atoms with Crippen LogP contribution in [0.25, 0.3) is 53.9 Å². The van der Waals surface area contributed by atoms with Gasteiger partial charge in [0.05, 0.1) is 11.4 Å². The van der Waals surface area contributed by atoms with Crippen molar-refractivity contribution in [3.05, 3.63) is 206 Å². The van der Waals surface area contributed by atoms with Gasteiger partial charge in [-0.25, -0.2) is 0 Å². The molecule has 2 heteroatoms. The van der Waals surface area contributed by atoms with Crippen LogP contribution in [-0.4, -0.2) is 0 Å². The summed E-state index contributed by atoms with van der Waals surface area (Å²) in [5, 5.41) is 12.2. The maximum Gasteiger partial charge on any atom is 0.0552 e. The van der Waals surface area contributed by atoms with E-state index in [4.69, 9.17) is 0 Å². The van der Waals surface area contributed by atoms with Crippen LogP contribution in [-0.2, 0) is 0 Å². The van der Waals surface area contributed by atoms with E-state index in [1.54, 1.807) is 0 Å². The van der Waals surface area contributed by atoms with E-state index >= 15 is 0 Å². The third-order valence-electron chi connectivity index (χ3n) is 10.3. The van der Waals surface area contributed by atoms with E-state index in [2.05, 4.69) is 216 Å². The quantitative estimate of drug-likeness (QED) is 0.164. The number of hydrogen-bond donors (Lipinski definition) is 0. The van der Waals surface area contributed by atoms with Crippen molar-refractivity contribution in [3.8, 4) is 0 Å². The lowest BCUT2D eigenvalue weighted by molar-refractivity contribution is 1.30. The van der Waals surface area contributed by atoms with Crippen LogP contribution in [0.5, 0.6) is 0 Å². The summed E-state index contributed by atoms with van der Waals surface area (Å²) < 4.78 is 0. The van der Waals surface area contributed by atoms with Gasteiger partial charge in [0.1, 0.15) is 0 Å². The largest absolute Gasteiger partial charge is 0.310 e. The molecule has 52 heavy (non-hydrogen) atoms. The van der Waals surface area contributed by atoms with Crippen LogP contribution in [0.1, 0.15) is 0 Å². The summed E-state index contributed by atoms with van der Waals surface area (Å²) in [5.41, 5.74) is 6.76. The minimum atomic E-state index is 1.12. The highest BCUT2D eigenvalue weighted by Crippen LogP contribution is 2.47. The van der Waals surface area contributed by atoms with E-state index in [0.717, 1.165) is 34.1 Å². The van der Waals surface area contributed by atoms with Crippen LogP contribution in [0.15, 0.2) is 206 Å². The molecule has 244 valence electrons. The van der Waals surface area contributed by atoms with E-state index in [1.165, 1.54) is 53.9 Å². The number of nitrogens with zero attached hydrogens (tertiary/aromatic N) is 2. The Bertz CT molecular complexity index is 2910. The predicted molar refractivity (Wildman–Crippen MR) is 223 cm³/mol. The lowest BCUT2D eigenvalue weighted by Gasteiger charge is -2.30. The fraction of sp³-hybridized carbons (Fsp3) is 0. The van der Waals surface area contributed by atoms with E-state index in [-0.39, 0.29) is 0 Å². The Balaban J connectivity index is 1.29. The van der Waals surface area contributed by atoms with E-state index < -0.39 is 0 Å². The van der Waals surface area contributed by atoms with Gasteiger partial charge in [-0.3, -0.25) is 0 Å². The second-order valence-corrected chi connectivity index (χ2v) is 13.4. The van der Waals surface area contributed by atoms with E-state index in [9.17, 15) is 0 Å². The first-order valence-electron chi connectivity index (χ1n) is 17.9. The molecule has 0 atom stereocenters. The second-order valence-electron chi connectivity index (χ2n) is 13.4. The topological polar surface area (TPSA) is 6.48 Å². The number of benzene rings is 10. The highest BCUT2D eigenvalue weighted by molar-refractivity contribution is 6.25. The minimum absolute atomic E-state index is 1.12. The molecule has 0 saturated carbocycles. The zero-order valence-corrected chi connectivity index (χ0v) is 28.5. The molecule has 0 saturated heterocycles. The first-order chi connectivity index (χ1) is 25.8. The maximum atomic E-state index is 2.44. The fourth-order valence-electron chi connectivity index (χ4n) is 7.94. The Morgan fingerprint density at radius 2 is 0.692 bits per heavy atom. The van der Waals surface area contributed by atoms with Crippen molar-refractivity contribution in [2.75, 3.05) is 9.80 Å². The van der Waals surface area contributed by atoms with Crippen molar-refractivity contribution in [1.29, 1.82) is 0 Å². The highest BCUT2D eigenvalue weighted by Gasteiger charge is 2.22.